The summed E-state index contributed by atoms with van der Waals surface area (Å²) in [6.45, 7) is 14.3. The molecule has 0 bridgehead atoms. The average molecular weight is 546 g/mol. The van der Waals surface area contributed by atoms with Crippen LogP contribution in [0.4, 0.5) is 0 Å². The van der Waals surface area contributed by atoms with Gasteiger partial charge < -0.3 is 18.6 Å². The fourth-order valence-corrected chi connectivity index (χ4v) is 12.4. The van der Waals surface area contributed by atoms with Gasteiger partial charge in [-0.2, -0.15) is 0 Å². The van der Waals surface area contributed by atoms with Gasteiger partial charge in [0.05, 0.1) is 24.4 Å². The van der Waals surface area contributed by atoms with Gasteiger partial charge in [0, 0.05) is 0 Å². The minimum Gasteiger partial charge on any atom is -0.404 e. The van der Waals surface area contributed by atoms with Gasteiger partial charge in [-0.3, -0.25) is 0 Å². The van der Waals surface area contributed by atoms with Crippen molar-refractivity contribution in [1.82, 2.24) is 0 Å². The van der Waals surface area contributed by atoms with Crippen molar-refractivity contribution in [2.75, 3.05) is 13.2 Å². The number of rotatable bonds is 12. The van der Waals surface area contributed by atoms with Crippen LogP contribution in [-0.2, 0) is 18.6 Å². The number of unbranched alkanes of at least 4 members (excludes halogenated alkanes) is 6. The van der Waals surface area contributed by atoms with Crippen LogP contribution in [0.15, 0.2) is 36.4 Å². The molecule has 5 rings (SSSR count). The predicted octanol–water partition coefficient (Wildman–Crippen LogP) is 5.43. The van der Waals surface area contributed by atoms with Crippen LogP contribution < -0.4 is 21.3 Å². The van der Waals surface area contributed by atoms with Crippen LogP contribution in [0.1, 0.15) is 92.9 Å². The molecule has 0 saturated carbocycles. The summed E-state index contributed by atoms with van der Waals surface area (Å²) in [5.74, 6) is 0. The van der Waals surface area contributed by atoms with Gasteiger partial charge in [0.1, 0.15) is 8.07 Å². The summed E-state index contributed by atoms with van der Waals surface area (Å²) in [4.78, 5) is 0. The van der Waals surface area contributed by atoms with Crippen molar-refractivity contribution in [3.63, 3.8) is 0 Å². The van der Waals surface area contributed by atoms with Gasteiger partial charge in [-0.25, -0.2) is 0 Å². The highest BCUT2D eigenvalue weighted by atomic mass is 28.3. The Hall–Kier alpha value is -1.37. The third kappa shape index (κ3) is 6.13. The SMILES string of the molecule is CCCCCC[Si]1(CCCCCC)c2ccc(B3OCC(C)(C)O3)cc2-c2cc(B3OCC(C)(C)O3)ccc21. The Morgan fingerprint density at radius 2 is 1.08 bits per heavy atom. The normalized spacial score (nSPS) is 20.5. The van der Waals surface area contributed by atoms with E-state index >= 15 is 0 Å². The van der Waals surface area contributed by atoms with E-state index in [2.05, 4.69) is 77.9 Å². The third-order valence-electron chi connectivity index (χ3n) is 8.88. The first-order valence-electron chi connectivity index (χ1n) is 15.6. The van der Waals surface area contributed by atoms with Gasteiger partial charge in [0.15, 0.2) is 0 Å². The molecule has 39 heavy (non-hydrogen) atoms. The molecule has 4 nitrogen and oxygen atoms in total. The molecule has 0 unspecified atom stereocenters. The summed E-state index contributed by atoms with van der Waals surface area (Å²) in [5, 5.41) is 3.24. The first-order valence-corrected chi connectivity index (χ1v) is 18.0. The largest absolute Gasteiger partial charge is 0.494 e. The number of hydrogen-bond donors (Lipinski definition) is 0. The maximum absolute atomic E-state index is 6.30. The monoisotopic (exact) mass is 546 g/mol. The molecular weight excluding hydrogens is 498 g/mol. The van der Waals surface area contributed by atoms with Gasteiger partial charge in [-0.05, 0) is 72.2 Å². The molecule has 2 aromatic carbocycles. The zero-order valence-electron chi connectivity index (χ0n) is 25.2. The van der Waals surface area contributed by atoms with Gasteiger partial charge in [0.25, 0.3) is 0 Å². The Bertz CT molecular complexity index is 1060. The van der Waals surface area contributed by atoms with Gasteiger partial charge in [-0.15, -0.1) is 0 Å². The molecule has 3 heterocycles. The smallest absolute Gasteiger partial charge is 0.404 e. The molecule has 0 aliphatic carbocycles. The van der Waals surface area contributed by atoms with Crippen molar-refractivity contribution in [1.29, 1.82) is 0 Å². The Labute approximate surface area is 238 Å². The van der Waals surface area contributed by atoms with E-state index < -0.39 is 8.07 Å². The van der Waals surface area contributed by atoms with Crippen LogP contribution in [0, 0.1) is 0 Å². The van der Waals surface area contributed by atoms with Crippen molar-refractivity contribution in [3.8, 4) is 11.1 Å². The Morgan fingerprint density at radius 3 is 1.44 bits per heavy atom. The van der Waals surface area contributed by atoms with Crippen molar-refractivity contribution >= 4 is 43.6 Å². The molecule has 2 fully saturated rings. The number of hydrogen-bond acceptors (Lipinski definition) is 4. The molecular formula is C32H48B2O4Si. The second-order valence-electron chi connectivity index (χ2n) is 13.4. The van der Waals surface area contributed by atoms with E-state index in [1.807, 2.05) is 0 Å². The summed E-state index contributed by atoms with van der Waals surface area (Å²) in [6, 6.07) is 17.0. The predicted molar refractivity (Wildman–Crippen MR) is 168 cm³/mol. The van der Waals surface area contributed by atoms with E-state index in [1.54, 1.807) is 10.4 Å². The van der Waals surface area contributed by atoms with Crippen LogP contribution >= 0.6 is 0 Å². The maximum atomic E-state index is 6.30. The molecule has 0 radical (unpaired) electrons. The summed E-state index contributed by atoms with van der Waals surface area (Å²) in [5.41, 5.74) is 4.55. The highest BCUT2D eigenvalue weighted by molar-refractivity contribution is 7.05. The molecule has 3 aliphatic heterocycles. The molecule has 0 amide bonds. The highest BCUT2D eigenvalue weighted by Gasteiger charge is 2.47. The van der Waals surface area contributed by atoms with Gasteiger partial charge in [-0.1, -0.05) is 102 Å². The quantitative estimate of drug-likeness (QED) is 0.263. The lowest BCUT2D eigenvalue weighted by Crippen LogP contribution is -2.55. The van der Waals surface area contributed by atoms with E-state index in [0.29, 0.717) is 13.2 Å². The third-order valence-corrected chi connectivity index (χ3v) is 14.2. The summed E-state index contributed by atoms with van der Waals surface area (Å²) < 4.78 is 24.8. The molecule has 0 N–H and O–H groups in total. The topological polar surface area (TPSA) is 36.9 Å². The van der Waals surface area contributed by atoms with Crippen LogP contribution in [0.2, 0.25) is 12.1 Å². The number of benzene rings is 2. The minimum absolute atomic E-state index is 0.254. The van der Waals surface area contributed by atoms with E-state index in [-0.39, 0.29) is 25.4 Å². The van der Waals surface area contributed by atoms with E-state index in [4.69, 9.17) is 18.6 Å². The number of fused-ring (bicyclic) bond motifs is 3. The first-order chi connectivity index (χ1) is 18.7. The minimum atomic E-state index is -1.92. The zero-order chi connectivity index (χ0) is 27.7. The molecule has 0 aromatic heterocycles. The van der Waals surface area contributed by atoms with Gasteiger partial charge >= 0.3 is 14.2 Å². The molecule has 0 atom stereocenters. The lowest BCUT2D eigenvalue weighted by atomic mass is 9.76. The molecule has 210 valence electrons. The van der Waals surface area contributed by atoms with Crippen LogP contribution in [0.25, 0.3) is 11.1 Å². The van der Waals surface area contributed by atoms with Crippen LogP contribution in [-0.4, -0.2) is 46.7 Å². The molecule has 7 heteroatoms. The molecule has 2 aromatic rings. The van der Waals surface area contributed by atoms with Crippen molar-refractivity contribution < 1.29 is 18.6 Å². The summed E-state index contributed by atoms with van der Waals surface area (Å²) in [6.07, 6.45) is 10.5. The van der Waals surface area contributed by atoms with E-state index in [1.165, 1.54) is 74.6 Å². The van der Waals surface area contributed by atoms with Crippen molar-refractivity contribution in [3.05, 3.63) is 36.4 Å². The second kappa shape index (κ2) is 11.9. The Balaban J connectivity index is 1.57. The maximum Gasteiger partial charge on any atom is 0.494 e. The molecule has 2 saturated heterocycles. The summed E-state index contributed by atoms with van der Waals surface area (Å²) >= 11 is 0. The standard InChI is InChI=1S/C32H48B2O4Si/c1-7-9-11-13-19-39(20-14-12-10-8-2)29-17-15-25(33-35-23-31(3,4)37-33)21-27(29)28-22-26(16-18-30(28)39)34-36-24-32(5,6)38-34/h15-18,21-22H,7-14,19-20,23-24H2,1-6H3. The fraction of sp³-hybridized carbons (Fsp3) is 0.625. The fourth-order valence-electron chi connectivity index (χ4n) is 6.81. The Kier molecular flexibility index (Phi) is 8.85. The van der Waals surface area contributed by atoms with Crippen molar-refractivity contribution in [2.24, 2.45) is 0 Å². The van der Waals surface area contributed by atoms with Crippen LogP contribution in [0.3, 0.4) is 0 Å². The lowest BCUT2D eigenvalue weighted by molar-refractivity contribution is 0.137. The highest BCUT2D eigenvalue weighted by Crippen LogP contribution is 2.35. The zero-order valence-corrected chi connectivity index (χ0v) is 26.2. The van der Waals surface area contributed by atoms with Crippen molar-refractivity contribution in [2.45, 2.75) is 116 Å². The summed E-state index contributed by atoms with van der Waals surface area (Å²) in [7, 11) is -2.52. The molecule has 0 spiro atoms. The van der Waals surface area contributed by atoms with E-state index in [9.17, 15) is 0 Å². The lowest BCUT2D eigenvalue weighted by Gasteiger charge is -2.30. The average Bonchev–Trinajstić information content (AvgIpc) is 3.55. The van der Waals surface area contributed by atoms with Gasteiger partial charge in [0.2, 0.25) is 0 Å². The Morgan fingerprint density at radius 1 is 0.641 bits per heavy atom. The molecule has 3 aliphatic rings. The van der Waals surface area contributed by atoms with Crippen LogP contribution in [0.5, 0.6) is 0 Å². The van der Waals surface area contributed by atoms with E-state index in [0.717, 1.165) is 10.9 Å². The first kappa shape index (κ1) is 29.1. The second-order valence-corrected chi connectivity index (χ2v) is 17.6.